The topological polar surface area (TPSA) is 84.0 Å². The smallest absolute Gasteiger partial charge is 0.474 e. The highest BCUT2D eigenvalue weighted by atomic mass is 19.4. The summed E-state index contributed by atoms with van der Waals surface area (Å²) < 4.78 is 62.0. The van der Waals surface area contributed by atoms with Crippen LogP contribution in [-0.4, -0.2) is 67.9 Å². The molecule has 1 aliphatic rings. The molecule has 1 aromatic heterocycles. The first kappa shape index (κ1) is 33.2. The molecule has 0 unspecified atom stereocenters. The Balaban J connectivity index is 1.14. The number of hydrogen-bond acceptors (Lipinski definition) is 6. The number of nitrogens with zero attached hydrogens (tertiary/aromatic N) is 3. The lowest BCUT2D eigenvalue weighted by atomic mass is 10.0. The second kappa shape index (κ2) is 14.5. The van der Waals surface area contributed by atoms with Gasteiger partial charge in [0, 0.05) is 70.1 Å². The number of carbonyl (C=O) groups excluding carboxylic acids is 2. The van der Waals surface area contributed by atoms with E-state index in [0.29, 0.717) is 55.9 Å². The van der Waals surface area contributed by atoms with Crippen molar-refractivity contribution >= 4 is 17.5 Å². The van der Waals surface area contributed by atoms with Crippen LogP contribution >= 0.6 is 0 Å². The first-order valence-corrected chi connectivity index (χ1v) is 15.1. The monoisotopic (exact) mass is 650 g/mol. The summed E-state index contributed by atoms with van der Waals surface area (Å²) in [5.74, 6) is -1.50. The largest absolute Gasteiger partial charge is 0.573 e. The lowest BCUT2D eigenvalue weighted by molar-refractivity contribution is -0.274. The Hall–Kier alpha value is -5.13. The highest BCUT2D eigenvalue weighted by Gasteiger charge is 2.31. The van der Waals surface area contributed by atoms with Crippen molar-refractivity contribution in [3.05, 3.63) is 108 Å². The first-order valence-electron chi connectivity index (χ1n) is 15.1. The van der Waals surface area contributed by atoms with Crippen molar-refractivity contribution < 1.29 is 36.6 Å². The molecule has 1 aliphatic heterocycles. The number of benzene rings is 3. The molecule has 0 aliphatic carbocycles. The van der Waals surface area contributed by atoms with Crippen LogP contribution in [0.5, 0.6) is 11.6 Å². The molecule has 4 aromatic rings. The van der Waals surface area contributed by atoms with E-state index >= 15 is 0 Å². The number of likely N-dealkylation sites (tertiary alicyclic amines) is 1. The third-order valence-electron chi connectivity index (χ3n) is 7.76. The van der Waals surface area contributed by atoms with Crippen LogP contribution in [0.15, 0.2) is 85.1 Å². The quantitative estimate of drug-likeness (QED) is 0.197. The van der Waals surface area contributed by atoms with Crippen LogP contribution in [0.3, 0.4) is 0 Å². The van der Waals surface area contributed by atoms with E-state index in [1.165, 1.54) is 30.5 Å². The minimum absolute atomic E-state index is 0.000775. The molecule has 0 radical (unpaired) electrons. The minimum atomic E-state index is -4.79. The van der Waals surface area contributed by atoms with Crippen molar-refractivity contribution in [1.82, 2.24) is 15.2 Å². The maximum atomic E-state index is 14.2. The van der Waals surface area contributed by atoms with Gasteiger partial charge in [0.1, 0.15) is 17.7 Å². The van der Waals surface area contributed by atoms with Gasteiger partial charge in [0.25, 0.3) is 11.8 Å². The van der Waals surface area contributed by atoms with Gasteiger partial charge in [-0.15, -0.1) is 13.2 Å². The van der Waals surface area contributed by atoms with Gasteiger partial charge in [-0.1, -0.05) is 24.3 Å². The van der Waals surface area contributed by atoms with Gasteiger partial charge in [0.05, 0.1) is 11.1 Å². The third kappa shape index (κ3) is 8.99. The van der Waals surface area contributed by atoms with Gasteiger partial charge >= 0.3 is 6.36 Å². The molecule has 1 fully saturated rings. The molecule has 246 valence electrons. The summed E-state index contributed by atoms with van der Waals surface area (Å²) in [5.41, 5.74) is 3.31. The van der Waals surface area contributed by atoms with E-state index in [4.69, 9.17) is 4.74 Å². The molecule has 2 amide bonds. The van der Waals surface area contributed by atoms with Gasteiger partial charge < -0.3 is 24.6 Å². The molecular weight excluding hydrogens is 616 g/mol. The maximum Gasteiger partial charge on any atom is 0.573 e. The van der Waals surface area contributed by atoms with E-state index in [0.717, 1.165) is 23.4 Å². The first-order chi connectivity index (χ1) is 22.4. The van der Waals surface area contributed by atoms with Crippen molar-refractivity contribution in [2.45, 2.75) is 31.7 Å². The molecular formula is C35H34F4N4O4. The summed E-state index contributed by atoms with van der Waals surface area (Å²) in [5, 5.41) is 2.84. The van der Waals surface area contributed by atoms with Crippen LogP contribution in [0.4, 0.5) is 23.2 Å². The number of nitrogens with one attached hydrogen (secondary N) is 1. The molecule has 1 saturated heterocycles. The standard InChI is InChI=1S/C35H34F4N4O4/c1-42(2)27-10-6-23(7-11-27)14-17-40-33(44)30-12-9-26(36)21-31(30)34(45)43-18-15-28(16-19-43)46-32-13-8-25(22-41-32)24-4-3-5-29(20-24)47-35(37,38)39/h3-13,20-22,28H,14-19H2,1-2H3,(H,40,44). The van der Waals surface area contributed by atoms with Crippen LogP contribution in [0.1, 0.15) is 39.1 Å². The van der Waals surface area contributed by atoms with E-state index in [1.54, 1.807) is 23.1 Å². The van der Waals surface area contributed by atoms with Crippen LogP contribution < -0.4 is 19.7 Å². The molecule has 0 atom stereocenters. The van der Waals surface area contributed by atoms with Gasteiger partial charge in [0.15, 0.2) is 0 Å². The van der Waals surface area contributed by atoms with E-state index in [1.807, 2.05) is 43.3 Å². The van der Waals surface area contributed by atoms with Crippen molar-refractivity contribution in [2.24, 2.45) is 0 Å². The zero-order valence-electron chi connectivity index (χ0n) is 25.9. The third-order valence-corrected chi connectivity index (χ3v) is 7.76. The average molecular weight is 651 g/mol. The van der Waals surface area contributed by atoms with Crippen molar-refractivity contribution in [1.29, 1.82) is 0 Å². The van der Waals surface area contributed by atoms with Crippen molar-refractivity contribution in [3.8, 4) is 22.8 Å². The van der Waals surface area contributed by atoms with Crippen molar-refractivity contribution in [3.63, 3.8) is 0 Å². The number of piperidine rings is 1. The summed E-state index contributed by atoms with van der Waals surface area (Å²) in [6.07, 6.45) is -1.98. The molecule has 2 heterocycles. The fourth-order valence-corrected chi connectivity index (χ4v) is 5.28. The predicted molar refractivity (Wildman–Crippen MR) is 169 cm³/mol. The summed E-state index contributed by atoms with van der Waals surface area (Å²) >= 11 is 0. The number of carbonyl (C=O) groups is 2. The molecule has 47 heavy (non-hydrogen) atoms. The maximum absolute atomic E-state index is 14.2. The SMILES string of the molecule is CN(C)c1ccc(CCNC(=O)c2ccc(F)cc2C(=O)N2CCC(Oc3ccc(-c4cccc(OC(F)(F)F)c4)cn3)CC2)cc1. The number of rotatable bonds is 10. The second-order valence-corrected chi connectivity index (χ2v) is 11.3. The Morgan fingerprint density at radius 3 is 2.34 bits per heavy atom. The minimum Gasteiger partial charge on any atom is -0.474 e. The number of hydrogen-bond donors (Lipinski definition) is 1. The number of alkyl halides is 3. The summed E-state index contributed by atoms with van der Waals surface area (Å²) in [6, 6.07) is 20.5. The fourth-order valence-electron chi connectivity index (χ4n) is 5.28. The number of anilines is 1. The predicted octanol–water partition coefficient (Wildman–Crippen LogP) is 6.51. The lowest BCUT2D eigenvalue weighted by Gasteiger charge is -2.32. The summed E-state index contributed by atoms with van der Waals surface area (Å²) in [4.78, 5) is 34.4. The van der Waals surface area contributed by atoms with Crippen LogP contribution in [0, 0.1) is 5.82 Å². The van der Waals surface area contributed by atoms with E-state index in [2.05, 4.69) is 15.0 Å². The van der Waals surface area contributed by atoms with Crippen LogP contribution in [-0.2, 0) is 6.42 Å². The molecule has 12 heteroatoms. The Labute approximate surface area is 269 Å². The van der Waals surface area contributed by atoms with Gasteiger partial charge in [-0.3, -0.25) is 9.59 Å². The molecule has 0 saturated carbocycles. The fraction of sp³-hybridized carbons (Fsp3) is 0.286. The van der Waals surface area contributed by atoms with Crippen molar-refractivity contribution in [2.75, 3.05) is 38.6 Å². The Morgan fingerprint density at radius 1 is 0.936 bits per heavy atom. The molecule has 8 nitrogen and oxygen atoms in total. The molecule has 1 N–H and O–H groups in total. The normalized spacial score (nSPS) is 13.6. The van der Waals surface area contributed by atoms with E-state index in [-0.39, 0.29) is 23.0 Å². The Morgan fingerprint density at radius 2 is 1.68 bits per heavy atom. The number of pyridine rings is 1. The van der Waals surface area contributed by atoms with Gasteiger partial charge in [-0.2, -0.15) is 0 Å². The average Bonchev–Trinajstić information content (AvgIpc) is 3.04. The number of amides is 2. The van der Waals surface area contributed by atoms with Crippen LogP contribution in [0.2, 0.25) is 0 Å². The Kier molecular flexibility index (Phi) is 10.3. The van der Waals surface area contributed by atoms with Crippen LogP contribution in [0.25, 0.3) is 11.1 Å². The van der Waals surface area contributed by atoms with Gasteiger partial charge in [-0.25, -0.2) is 9.37 Å². The molecule has 5 rings (SSSR count). The Bertz CT molecular complexity index is 1690. The van der Waals surface area contributed by atoms with E-state index in [9.17, 15) is 27.2 Å². The van der Waals surface area contributed by atoms with Gasteiger partial charge in [0.2, 0.25) is 5.88 Å². The number of aromatic nitrogens is 1. The zero-order chi connectivity index (χ0) is 33.6. The highest BCUT2D eigenvalue weighted by molar-refractivity contribution is 6.07. The lowest BCUT2D eigenvalue weighted by Crippen LogP contribution is -2.42. The zero-order valence-corrected chi connectivity index (χ0v) is 25.9. The highest BCUT2D eigenvalue weighted by Crippen LogP contribution is 2.29. The molecule has 0 spiro atoms. The molecule has 0 bridgehead atoms. The summed E-state index contributed by atoms with van der Waals surface area (Å²) in [7, 11) is 3.92. The second-order valence-electron chi connectivity index (χ2n) is 11.3. The number of ether oxygens (including phenoxy) is 2. The number of halogens is 4. The van der Waals surface area contributed by atoms with Gasteiger partial charge in [-0.05, 0) is 66.1 Å². The van der Waals surface area contributed by atoms with E-state index < -0.39 is 24.0 Å². The molecule has 3 aromatic carbocycles. The summed E-state index contributed by atoms with van der Waals surface area (Å²) in [6.45, 7) is 1.00.